The van der Waals surface area contributed by atoms with Crippen LogP contribution in [0.25, 0.3) is 0 Å². The van der Waals surface area contributed by atoms with Crippen LogP contribution < -0.4 is 9.47 Å². The average Bonchev–Trinajstić information content (AvgIpc) is 2.82. The van der Waals surface area contributed by atoms with Gasteiger partial charge in [0.2, 0.25) is 0 Å². The summed E-state index contributed by atoms with van der Waals surface area (Å²) in [5.41, 5.74) is 2.32. The molecule has 0 unspecified atom stereocenters. The highest BCUT2D eigenvalue weighted by Gasteiger charge is 2.13. The van der Waals surface area contributed by atoms with Crippen LogP contribution in [0.5, 0.6) is 11.5 Å². The summed E-state index contributed by atoms with van der Waals surface area (Å²) in [6.07, 6.45) is -1.66. The third-order valence-corrected chi connectivity index (χ3v) is 4.77. The van der Waals surface area contributed by atoms with Crippen molar-refractivity contribution in [2.75, 3.05) is 13.7 Å². The Bertz CT molecular complexity index is 1060. The van der Waals surface area contributed by atoms with Crippen LogP contribution in [-0.2, 0) is 17.9 Å². The quantitative estimate of drug-likeness (QED) is 0.256. The molecule has 0 aromatic heterocycles. The van der Waals surface area contributed by atoms with Crippen LogP contribution in [0, 0.1) is 11.6 Å². The van der Waals surface area contributed by atoms with E-state index in [0.717, 1.165) is 23.3 Å². The maximum absolute atomic E-state index is 14.2. The first-order chi connectivity index (χ1) is 16.0. The average molecular weight is 457 g/mol. The first-order valence-corrected chi connectivity index (χ1v) is 10.3. The van der Waals surface area contributed by atoms with Gasteiger partial charge in [-0.05, 0) is 35.7 Å². The van der Waals surface area contributed by atoms with E-state index in [1.807, 2.05) is 30.3 Å². The lowest BCUT2D eigenvalue weighted by Gasteiger charge is -2.12. The zero-order chi connectivity index (χ0) is 23.6. The monoisotopic (exact) mass is 457 g/mol. The summed E-state index contributed by atoms with van der Waals surface area (Å²) in [6, 6.07) is 18.5. The molecular formula is C25H25F2NO5. The van der Waals surface area contributed by atoms with Gasteiger partial charge in [0, 0.05) is 18.1 Å². The molecule has 0 saturated carbocycles. The summed E-state index contributed by atoms with van der Waals surface area (Å²) in [5, 5.41) is 21.8. The van der Waals surface area contributed by atoms with E-state index >= 15 is 0 Å². The summed E-state index contributed by atoms with van der Waals surface area (Å²) in [5.74, 6) is -0.997. The van der Waals surface area contributed by atoms with Gasteiger partial charge in [-0.1, -0.05) is 47.6 Å². The maximum Gasteiger partial charge on any atom is 0.165 e. The number of aryl methyl sites for hydroxylation is 1. The number of halogens is 2. The van der Waals surface area contributed by atoms with E-state index in [1.165, 1.54) is 7.11 Å². The molecule has 0 heterocycles. The van der Waals surface area contributed by atoms with Crippen LogP contribution in [-0.4, -0.2) is 35.9 Å². The molecule has 3 rings (SSSR count). The van der Waals surface area contributed by atoms with Gasteiger partial charge < -0.3 is 24.5 Å². The van der Waals surface area contributed by atoms with E-state index < -0.39 is 17.9 Å². The number of hydrogen-bond donors (Lipinski definition) is 2. The topological polar surface area (TPSA) is 80.5 Å². The summed E-state index contributed by atoms with van der Waals surface area (Å²) < 4.78 is 39.6. The Morgan fingerprint density at radius 3 is 2.33 bits per heavy atom. The van der Waals surface area contributed by atoms with Crippen LogP contribution >= 0.6 is 0 Å². The lowest BCUT2D eigenvalue weighted by Crippen LogP contribution is -2.13. The van der Waals surface area contributed by atoms with Crippen molar-refractivity contribution in [2.24, 2.45) is 5.16 Å². The fraction of sp³-hybridized carbons (Fsp3) is 0.240. The molecular weight excluding hydrogens is 432 g/mol. The number of aliphatic hydroxyl groups is 2. The number of benzene rings is 3. The molecule has 0 spiro atoms. The largest absolute Gasteiger partial charge is 0.487 e. The Hall–Kier alpha value is -3.49. The fourth-order valence-electron chi connectivity index (χ4n) is 3.05. The van der Waals surface area contributed by atoms with Crippen LogP contribution in [0.3, 0.4) is 0 Å². The van der Waals surface area contributed by atoms with Crippen LogP contribution in [0.1, 0.15) is 23.1 Å². The van der Waals surface area contributed by atoms with E-state index in [0.29, 0.717) is 11.5 Å². The van der Waals surface area contributed by atoms with Crippen molar-refractivity contribution >= 4 is 5.71 Å². The zero-order valence-corrected chi connectivity index (χ0v) is 18.1. The molecule has 0 aliphatic rings. The third-order valence-electron chi connectivity index (χ3n) is 4.77. The number of oxime groups is 1. The lowest BCUT2D eigenvalue weighted by molar-refractivity contribution is -0.0448. The van der Waals surface area contributed by atoms with Crippen molar-refractivity contribution in [1.82, 2.24) is 0 Å². The molecule has 8 heteroatoms. The van der Waals surface area contributed by atoms with Crippen molar-refractivity contribution in [1.29, 1.82) is 0 Å². The first-order valence-electron chi connectivity index (χ1n) is 10.3. The Balaban J connectivity index is 1.56. The highest BCUT2D eigenvalue weighted by atomic mass is 19.1. The first kappa shape index (κ1) is 24.2. The van der Waals surface area contributed by atoms with Crippen molar-refractivity contribution in [3.8, 4) is 11.5 Å². The molecule has 3 aromatic rings. The van der Waals surface area contributed by atoms with E-state index in [2.05, 4.69) is 5.16 Å². The van der Waals surface area contributed by atoms with Gasteiger partial charge in [-0.3, -0.25) is 0 Å². The van der Waals surface area contributed by atoms with Gasteiger partial charge in [0.15, 0.2) is 17.9 Å². The minimum Gasteiger partial charge on any atom is -0.487 e. The van der Waals surface area contributed by atoms with Gasteiger partial charge in [0.25, 0.3) is 0 Å². The molecule has 0 bridgehead atoms. The van der Waals surface area contributed by atoms with E-state index in [-0.39, 0.29) is 37.4 Å². The van der Waals surface area contributed by atoms with Crippen LogP contribution in [0.15, 0.2) is 71.9 Å². The zero-order valence-electron chi connectivity index (χ0n) is 18.1. The van der Waals surface area contributed by atoms with Crippen LogP contribution in [0.4, 0.5) is 8.78 Å². The van der Waals surface area contributed by atoms with Crippen molar-refractivity contribution in [2.45, 2.75) is 25.7 Å². The number of aliphatic hydroxyl groups excluding tert-OH is 1. The molecule has 3 aromatic carbocycles. The van der Waals surface area contributed by atoms with Gasteiger partial charge in [-0.2, -0.15) is 0 Å². The molecule has 0 amide bonds. The molecule has 0 saturated heterocycles. The third kappa shape index (κ3) is 7.27. The minimum absolute atomic E-state index is 0.00321. The normalized spacial score (nSPS) is 11.5. The summed E-state index contributed by atoms with van der Waals surface area (Å²) in [6.45, 7) is 0.240. The van der Waals surface area contributed by atoms with Gasteiger partial charge in [0.05, 0.1) is 0 Å². The number of hydrogen-bond acceptors (Lipinski definition) is 6. The summed E-state index contributed by atoms with van der Waals surface area (Å²) in [7, 11) is 1.47. The predicted molar refractivity (Wildman–Crippen MR) is 119 cm³/mol. The lowest BCUT2D eigenvalue weighted by atomic mass is 10.1. The van der Waals surface area contributed by atoms with Crippen LogP contribution in [0.2, 0.25) is 0 Å². The number of ether oxygens (including phenoxy) is 2. The Labute approximate surface area is 190 Å². The molecule has 174 valence electrons. The predicted octanol–water partition coefficient (Wildman–Crippen LogP) is 4.22. The smallest absolute Gasteiger partial charge is 0.165 e. The Morgan fingerprint density at radius 2 is 1.67 bits per heavy atom. The fourth-order valence-corrected chi connectivity index (χ4v) is 3.05. The molecule has 0 aliphatic heterocycles. The number of nitrogens with zero attached hydrogens (tertiary/aromatic N) is 1. The van der Waals surface area contributed by atoms with E-state index in [9.17, 15) is 8.78 Å². The second-order valence-corrected chi connectivity index (χ2v) is 7.20. The van der Waals surface area contributed by atoms with Gasteiger partial charge in [0.1, 0.15) is 37.6 Å². The van der Waals surface area contributed by atoms with E-state index in [1.54, 1.807) is 24.3 Å². The molecule has 0 fully saturated rings. The summed E-state index contributed by atoms with van der Waals surface area (Å²) >= 11 is 0. The Kier molecular flexibility index (Phi) is 8.74. The molecule has 0 radical (unpaired) electrons. The standard InChI is InChI=1S/C25H25F2NO5/c1-31-28-23(18-5-3-2-4-6-18)16-32-20-10-7-17(8-11-20)15-33-24-14-21(26)19(13-22(24)27)9-12-25(29)30/h2-8,10-11,13-14,25,29-30H,9,12,15-16H2,1H3/b28-23+. The molecule has 0 aliphatic carbocycles. The van der Waals surface area contributed by atoms with Crippen molar-refractivity contribution in [3.63, 3.8) is 0 Å². The Morgan fingerprint density at radius 1 is 0.939 bits per heavy atom. The SMILES string of the molecule is CO/N=C(\COc1ccc(COc2cc(F)c(CCC(O)O)cc2F)cc1)c1ccccc1. The number of rotatable bonds is 11. The minimum atomic E-state index is -1.58. The van der Waals surface area contributed by atoms with Gasteiger partial charge >= 0.3 is 0 Å². The van der Waals surface area contributed by atoms with Crippen molar-refractivity contribution in [3.05, 3.63) is 95.1 Å². The highest BCUT2D eigenvalue weighted by Crippen LogP contribution is 2.24. The summed E-state index contributed by atoms with van der Waals surface area (Å²) in [4.78, 5) is 4.90. The van der Waals surface area contributed by atoms with Gasteiger partial charge in [-0.25, -0.2) is 8.78 Å². The maximum atomic E-state index is 14.2. The second kappa shape index (κ2) is 11.9. The van der Waals surface area contributed by atoms with Crippen molar-refractivity contribution < 1.29 is 33.3 Å². The molecule has 6 nitrogen and oxygen atoms in total. The van der Waals surface area contributed by atoms with E-state index in [4.69, 9.17) is 24.5 Å². The molecule has 2 N–H and O–H groups in total. The second-order valence-electron chi connectivity index (χ2n) is 7.20. The molecule has 33 heavy (non-hydrogen) atoms. The highest BCUT2D eigenvalue weighted by molar-refractivity contribution is 6.01. The van der Waals surface area contributed by atoms with Gasteiger partial charge in [-0.15, -0.1) is 0 Å². The molecule has 0 atom stereocenters.